The molecule has 0 unspecified atom stereocenters. The van der Waals surface area contributed by atoms with Gasteiger partial charge >= 0.3 is 5.97 Å². The van der Waals surface area contributed by atoms with Crippen LogP contribution in [-0.4, -0.2) is 24.3 Å². The number of aryl methyl sites for hydroxylation is 1. The Balaban J connectivity index is 2.01. The van der Waals surface area contributed by atoms with E-state index in [1.165, 1.54) is 6.07 Å². The summed E-state index contributed by atoms with van der Waals surface area (Å²) in [6.07, 6.45) is 0. The summed E-state index contributed by atoms with van der Waals surface area (Å²) in [7, 11) is 0. The maximum Gasteiger partial charge on any atom is 0.339 e. The summed E-state index contributed by atoms with van der Waals surface area (Å²) < 4.78 is 11.5. The predicted octanol–water partition coefficient (Wildman–Crippen LogP) is 4.45. The number of carboxylic acids is 1. The standard InChI is InChI=1S/C20H24O4/c1-14-9-10-16(20(2,3)4)18(13-14)24-12-11-23-17-8-6-5-7-15(17)19(21)22/h5-10,13H,11-12H2,1-4H3,(H,21,22). The van der Waals surface area contributed by atoms with Crippen LogP contribution in [0.4, 0.5) is 0 Å². The van der Waals surface area contributed by atoms with Crippen LogP contribution in [0.25, 0.3) is 0 Å². The van der Waals surface area contributed by atoms with Crippen molar-refractivity contribution in [2.45, 2.75) is 33.1 Å². The number of benzene rings is 2. The third-order valence-electron chi connectivity index (χ3n) is 3.66. The van der Waals surface area contributed by atoms with Crippen LogP contribution in [-0.2, 0) is 5.41 Å². The molecule has 0 aliphatic carbocycles. The number of hydrogen-bond acceptors (Lipinski definition) is 3. The van der Waals surface area contributed by atoms with E-state index in [2.05, 4.69) is 32.9 Å². The summed E-state index contributed by atoms with van der Waals surface area (Å²) in [4.78, 5) is 11.2. The van der Waals surface area contributed by atoms with Gasteiger partial charge in [0.15, 0.2) is 0 Å². The number of para-hydroxylation sites is 1. The number of rotatable bonds is 6. The minimum Gasteiger partial charge on any atom is -0.490 e. The van der Waals surface area contributed by atoms with Crippen LogP contribution >= 0.6 is 0 Å². The number of carbonyl (C=O) groups is 1. The molecule has 0 heterocycles. The van der Waals surface area contributed by atoms with Gasteiger partial charge in [-0.05, 0) is 41.7 Å². The number of aromatic carboxylic acids is 1. The summed E-state index contributed by atoms with van der Waals surface area (Å²) in [5.41, 5.74) is 2.41. The first-order valence-corrected chi connectivity index (χ1v) is 7.98. The highest BCUT2D eigenvalue weighted by Crippen LogP contribution is 2.32. The fourth-order valence-electron chi connectivity index (χ4n) is 2.44. The van der Waals surface area contributed by atoms with Crippen LogP contribution in [0.2, 0.25) is 0 Å². The van der Waals surface area contributed by atoms with Gasteiger partial charge in [0.1, 0.15) is 30.3 Å². The minimum absolute atomic E-state index is 0.0141. The summed E-state index contributed by atoms with van der Waals surface area (Å²) in [6, 6.07) is 12.8. The molecule has 0 spiro atoms. The minimum atomic E-state index is -1.000. The molecule has 24 heavy (non-hydrogen) atoms. The van der Waals surface area contributed by atoms with E-state index in [4.69, 9.17) is 14.6 Å². The van der Waals surface area contributed by atoms with Gasteiger partial charge in [-0.25, -0.2) is 4.79 Å². The summed E-state index contributed by atoms with van der Waals surface area (Å²) in [5, 5.41) is 9.15. The molecule has 4 nitrogen and oxygen atoms in total. The lowest BCUT2D eigenvalue weighted by Crippen LogP contribution is -2.16. The first kappa shape index (κ1) is 17.9. The first-order valence-electron chi connectivity index (χ1n) is 7.98. The molecule has 128 valence electrons. The maximum atomic E-state index is 11.2. The zero-order valence-electron chi connectivity index (χ0n) is 14.6. The van der Waals surface area contributed by atoms with E-state index in [0.29, 0.717) is 12.4 Å². The molecule has 0 amide bonds. The smallest absolute Gasteiger partial charge is 0.339 e. The van der Waals surface area contributed by atoms with Gasteiger partial charge < -0.3 is 14.6 Å². The first-order chi connectivity index (χ1) is 11.3. The molecule has 0 atom stereocenters. The molecule has 4 heteroatoms. The molecule has 0 aliphatic rings. The summed E-state index contributed by atoms with van der Waals surface area (Å²) >= 11 is 0. The molecule has 0 saturated carbocycles. The van der Waals surface area contributed by atoms with Gasteiger partial charge in [0.05, 0.1) is 0 Å². The fraction of sp³-hybridized carbons (Fsp3) is 0.350. The van der Waals surface area contributed by atoms with Crippen molar-refractivity contribution in [1.82, 2.24) is 0 Å². The predicted molar refractivity (Wildman–Crippen MR) is 94.3 cm³/mol. The van der Waals surface area contributed by atoms with Crippen LogP contribution in [0.3, 0.4) is 0 Å². The largest absolute Gasteiger partial charge is 0.490 e. The third-order valence-corrected chi connectivity index (χ3v) is 3.66. The Morgan fingerprint density at radius 1 is 1.00 bits per heavy atom. The van der Waals surface area contributed by atoms with Crippen LogP contribution < -0.4 is 9.47 Å². The second-order valence-electron chi connectivity index (χ2n) is 6.75. The molecule has 1 N–H and O–H groups in total. The Kier molecular flexibility index (Phi) is 5.50. The molecule has 0 saturated heterocycles. The molecule has 2 aromatic carbocycles. The average Bonchev–Trinajstić information content (AvgIpc) is 2.50. The SMILES string of the molecule is Cc1ccc(C(C)(C)C)c(OCCOc2ccccc2C(=O)O)c1. The van der Waals surface area contributed by atoms with Crippen molar-refractivity contribution in [3.05, 3.63) is 59.2 Å². The van der Waals surface area contributed by atoms with E-state index >= 15 is 0 Å². The fourth-order valence-corrected chi connectivity index (χ4v) is 2.44. The molecular weight excluding hydrogens is 304 g/mol. The Bertz CT molecular complexity index is 714. The number of carboxylic acid groups (broad SMARTS) is 1. The van der Waals surface area contributed by atoms with Crippen molar-refractivity contribution in [3.63, 3.8) is 0 Å². The van der Waals surface area contributed by atoms with Crippen LogP contribution in [0, 0.1) is 6.92 Å². The topological polar surface area (TPSA) is 55.8 Å². The van der Waals surface area contributed by atoms with Gasteiger partial charge in [0.2, 0.25) is 0 Å². The highest BCUT2D eigenvalue weighted by atomic mass is 16.5. The summed E-state index contributed by atoms with van der Waals surface area (Å²) in [6.45, 7) is 9.08. The normalized spacial score (nSPS) is 11.2. The number of hydrogen-bond donors (Lipinski definition) is 1. The molecule has 0 radical (unpaired) electrons. The second-order valence-corrected chi connectivity index (χ2v) is 6.75. The van der Waals surface area contributed by atoms with Crippen LogP contribution in [0.1, 0.15) is 42.3 Å². The van der Waals surface area contributed by atoms with Crippen molar-refractivity contribution < 1.29 is 19.4 Å². The van der Waals surface area contributed by atoms with Crippen molar-refractivity contribution in [1.29, 1.82) is 0 Å². The Hall–Kier alpha value is -2.49. The van der Waals surface area contributed by atoms with Gasteiger partial charge in [-0.3, -0.25) is 0 Å². The highest BCUT2D eigenvalue weighted by molar-refractivity contribution is 5.90. The lowest BCUT2D eigenvalue weighted by atomic mass is 9.86. The molecule has 0 aromatic heterocycles. The van der Waals surface area contributed by atoms with Crippen molar-refractivity contribution in [3.8, 4) is 11.5 Å². The van der Waals surface area contributed by atoms with Crippen LogP contribution in [0.15, 0.2) is 42.5 Å². The van der Waals surface area contributed by atoms with Gasteiger partial charge in [0.25, 0.3) is 0 Å². The van der Waals surface area contributed by atoms with Gasteiger partial charge in [-0.15, -0.1) is 0 Å². The van der Waals surface area contributed by atoms with Crippen molar-refractivity contribution >= 4 is 5.97 Å². The van der Waals surface area contributed by atoms with Crippen LogP contribution in [0.5, 0.6) is 11.5 Å². The molecule has 2 aromatic rings. The zero-order valence-corrected chi connectivity index (χ0v) is 14.6. The third kappa shape index (κ3) is 4.51. The van der Waals surface area contributed by atoms with E-state index in [-0.39, 0.29) is 17.6 Å². The Morgan fingerprint density at radius 3 is 2.25 bits per heavy atom. The lowest BCUT2D eigenvalue weighted by molar-refractivity contribution is 0.0691. The van der Waals surface area contributed by atoms with E-state index in [1.807, 2.05) is 13.0 Å². The maximum absolute atomic E-state index is 11.2. The lowest BCUT2D eigenvalue weighted by Gasteiger charge is -2.23. The Labute approximate surface area is 143 Å². The molecule has 0 fully saturated rings. The van der Waals surface area contributed by atoms with Gasteiger partial charge in [-0.1, -0.05) is 45.0 Å². The summed E-state index contributed by atoms with van der Waals surface area (Å²) in [5.74, 6) is 0.201. The monoisotopic (exact) mass is 328 g/mol. The molecule has 0 aliphatic heterocycles. The van der Waals surface area contributed by atoms with Crippen molar-refractivity contribution in [2.24, 2.45) is 0 Å². The average molecular weight is 328 g/mol. The number of ether oxygens (including phenoxy) is 2. The van der Waals surface area contributed by atoms with Crippen molar-refractivity contribution in [2.75, 3.05) is 13.2 Å². The second kappa shape index (κ2) is 7.39. The molecule has 0 bridgehead atoms. The van der Waals surface area contributed by atoms with E-state index < -0.39 is 5.97 Å². The van der Waals surface area contributed by atoms with E-state index in [1.54, 1.807) is 18.2 Å². The van der Waals surface area contributed by atoms with E-state index in [0.717, 1.165) is 16.9 Å². The molecular formula is C20H24O4. The highest BCUT2D eigenvalue weighted by Gasteiger charge is 2.19. The Morgan fingerprint density at radius 2 is 1.62 bits per heavy atom. The van der Waals surface area contributed by atoms with Gasteiger partial charge in [0, 0.05) is 0 Å². The molecule has 2 rings (SSSR count). The quantitative estimate of drug-likeness (QED) is 0.796. The zero-order chi connectivity index (χ0) is 17.7. The van der Waals surface area contributed by atoms with Gasteiger partial charge in [-0.2, -0.15) is 0 Å². The van der Waals surface area contributed by atoms with E-state index in [9.17, 15) is 4.79 Å².